The van der Waals surface area contributed by atoms with Gasteiger partial charge in [0, 0.05) is 6.92 Å². The van der Waals surface area contributed by atoms with Crippen LogP contribution in [0.1, 0.15) is 29.8 Å². The quantitative estimate of drug-likeness (QED) is 0.792. The van der Waals surface area contributed by atoms with Crippen LogP contribution in [-0.4, -0.2) is 29.6 Å². The first kappa shape index (κ1) is 14.2. The maximum absolute atomic E-state index is 11.8. The van der Waals surface area contributed by atoms with Crippen LogP contribution in [0.25, 0.3) is 0 Å². The van der Waals surface area contributed by atoms with Gasteiger partial charge in [-0.05, 0) is 17.9 Å². The molecule has 1 heterocycles. The fourth-order valence-corrected chi connectivity index (χ4v) is 2.36. The van der Waals surface area contributed by atoms with Gasteiger partial charge < -0.3 is 15.2 Å². The summed E-state index contributed by atoms with van der Waals surface area (Å²) in [4.78, 5) is 33.5. The topological polar surface area (TPSA) is 92.7 Å². The fourth-order valence-electron chi connectivity index (χ4n) is 1.37. The fraction of sp³-hybridized carbons (Fsp3) is 0.364. The molecule has 0 aromatic carbocycles. The van der Waals surface area contributed by atoms with Crippen molar-refractivity contribution in [1.29, 1.82) is 0 Å². The molecule has 2 N–H and O–H groups in total. The third-order valence-corrected chi connectivity index (χ3v) is 2.92. The number of carbonyl (C=O) groups is 3. The Balaban J connectivity index is 3.11. The zero-order valence-corrected chi connectivity index (χ0v) is 10.8. The smallest absolute Gasteiger partial charge is 0.341 e. The van der Waals surface area contributed by atoms with Gasteiger partial charge in [-0.2, -0.15) is 0 Å². The van der Waals surface area contributed by atoms with Crippen LogP contribution in [0.4, 0.5) is 5.00 Å². The summed E-state index contributed by atoms with van der Waals surface area (Å²) in [6, 6.07) is 0. The molecule has 0 aliphatic rings. The predicted molar refractivity (Wildman–Crippen MR) is 65.9 cm³/mol. The number of esters is 1. The van der Waals surface area contributed by atoms with Gasteiger partial charge in [0.25, 0.3) is 0 Å². The van der Waals surface area contributed by atoms with Crippen molar-refractivity contribution in [3.8, 4) is 0 Å². The number of nitrogens with one attached hydrogen (secondary N) is 1. The second kappa shape index (κ2) is 6.15. The van der Waals surface area contributed by atoms with Gasteiger partial charge in [0.15, 0.2) is 0 Å². The van der Waals surface area contributed by atoms with Gasteiger partial charge in [-0.3, -0.25) is 9.59 Å². The highest BCUT2D eigenvalue weighted by molar-refractivity contribution is 7.15. The SMILES string of the molecule is CCOC(=O)c1c(CC(=O)O)csc1NC(C)=O. The Bertz CT molecular complexity index is 446. The maximum Gasteiger partial charge on any atom is 0.341 e. The van der Waals surface area contributed by atoms with Gasteiger partial charge in [-0.1, -0.05) is 0 Å². The van der Waals surface area contributed by atoms with E-state index in [1.165, 1.54) is 12.3 Å². The van der Waals surface area contributed by atoms with Gasteiger partial charge in [-0.25, -0.2) is 4.79 Å². The second-order valence-electron chi connectivity index (χ2n) is 3.44. The van der Waals surface area contributed by atoms with Crippen molar-refractivity contribution in [3.05, 3.63) is 16.5 Å². The molecule has 98 valence electrons. The van der Waals surface area contributed by atoms with E-state index in [1.807, 2.05) is 0 Å². The lowest BCUT2D eigenvalue weighted by Crippen LogP contribution is -2.13. The first-order chi connectivity index (χ1) is 8.45. The number of hydrogen-bond acceptors (Lipinski definition) is 5. The van der Waals surface area contributed by atoms with Crippen LogP contribution in [0.15, 0.2) is 5.38 Å². The van der Waals surface area contributed by atoms with Crippen LogP contribution in [-0.2, 0) is 20.7 Å². The third-order valence-electron chi connectivity index (χ3n) is 1.98. The highest BCUT2D eigenvalue weighted by atomic mass is 32.1. The van der Waals surface area contributed by atoms with Gasteiger partial charge in [0.05, 0.1) is 18.6 Å². The van der Waals surface area contributed by atoms with Gasteiger partial charge >= 0.3 is 11.9 Å². The Morgan fingerprint density at radius 3 is 2.61 bits per heavy atom. The average molecular weight is 271 g/mol. The summed E-state index contributed by atoms with van der Waals surface area (Å²) < 4.78 is 4.85. The van der Waals surface area contributed by atoms with E-state index < -0.39 is 11.9 Å². The van der Waals surface area contributed by atoms with Gasteiger partial charge in [0.2, 0.25) is 5.91 Å². The normalized spacial score (nSPS) is 9.89. The summed E-state index contributed by atoms with van der Waals surface area (Å²) in [5.41, 5.74) is 0.467. The molecule has 6 nitrogen and oxygen atoms in total. The molecule has 0 spiro atoms. The summed E-state index contributed by atoms with van der Waals surface area (Å²) in [6.07, 6.45) is -0.287. The van der Waals surface area contributed by atoms with E-state index in [1.54, 1.807) is 6.92 Å². The molecular formula is C11H13NO5S. The number of carboxylic acid groups (broad SMARTS) is 1. The van der Waals surface area contributed by atoms with Crippen molar-refractivity contribution in [2.24, 2.45) is 0 Å². The third kappa shape index (κ3) is 3.56. The Hall–Kier alpha value is -1.89. The monoisotopic (exact) mass is 271 g/mol. The van der Waals surface area contributed by atoms with E-state index in [2.05, 4.69) is 5.32 Å². The highest BCUT2D eigenvalue weighted by Crippen LogP contribution is 2.29. The van der Waals surface area contributed by atoms with Crippen molar-refractivity contribution in [1.82, 2.24) is 0 Å². The van der Waals surface area contributed by atoms with E-state index in [4.69, 9.17) is 9.84 Å². The average Bonchev–Trinajstić information content (AvgIpc) is 2.59. The molecule has 0 saturated heterocycles. The van der Waals surface area contributed by atoms with Crippen LogP contribution in [0.3, 0.4) is 0 Å². The molecule has 1 aromatic rings. The number of rotatable bonds is 5. The minimum absolute atomic E-state index is 0.124. The first-order valence-electron chi connectivity index (χ1n) is 5.22. The molecule has 0 unspecified atom stereocenters. The van der Waals surface area contributed by atoms with Crippen LogP contribution in [0.5, 0.6) is 0 Å². The maximum atomic E-state index is 11.8. The van der Waals surface area contributed by atoms with E-state index in [-0.39, 0.29) is 24.5 Å². The molecule has 0 fully saturated rings. The number of thiophene rings is 1. The zero-order chi connectivity index (χ0) is 13.7. The number of hydrogen-bond donors (Lipinski definition) is 2. The van der Waals surface area contributed by atoms with E-state index in [0.717, 1.165) is 11.3 Å². The Morgan fingerprint density at radius 1 is 1.44 bits per heavy atom. The van der Waals surface area contributed by atoms with Crippen molar-refractivity contribution in [2.75, 3.05) is 11.9 Å². The molecule has 0 atom stereocenters. The van der Waals surface area contributed by atoms with Crippen LogP contribution in [0, 0.1) is 0 Å². The van der Waals surface area contributed by atoms with Crippen molar-refractivity contribution < 1.29 is 24.2 Å². The summed E-state index contributed by atoms with van der Waals surface area (Å²) in [7, 11) is 0. The number of anilines is 1. The molecule has 7 heteroatoms. The number of amides is 1. The largest absolute Gasteiger partial charge is 0.481 e. The molecule has 1 aromatic heterocycles. The molecule has 0 saturated carbocycles. The van der Waals surface area contributed by atoms with E-state index in [9.17, 15) is 14.4 Å². The second-order valence-corrected chi connectivity index (χ2v) is 4.32. The zero-order valence-electron chi connectivity index (χ0n) is 9.98. The lowest BCUT2D eigenvalue weighted by molar-refractivity contribution is -0.136. The van der Waals surface area contributed by atoms with Crippen molar-refractivity contribution in [3.63, 3.8) is 0 Å². The highest BCUT2D eigenvalue weighted by Gasteiger charge is 2.22. The Kier molecular flexibility index (Phi) is 4.85. The molecule has 0 radical (unpaired) electrons. The molecule has 1 amide bonds. The van der Waals surface area contributed by atoms with Gasteiger partial charge in [-0.15, -0.1) is 11.3 Å². The van der Waals surface area contributed by atoms with Crippen LogP contribution in [0.2, 0.25) is 0 Å². The molecular weight excluding hydrogens is 258 g/mol. The number of carbonyl (C=O) groups excluding carboxylic acids is 2. The summed E-state index contributed by atoms with van der Waals surface area (Å²) in [5.74, 6) is -2.00. The van der Waals surface area contributed by atoms with E-state index in [0.29, 0.717) is 10.6 Å². The van der Waals surface area contributed by atoms with Gasteiger partial charge in [0.1, 0.15) is 5.00 Å². The summed E-state index contributed by atoms with van der Waals surface area (Å²) in [5, 5.41) is 13.1. The lowest BCUT2D eigenvalue weighted by Gasteiger charge is -2.06. The number of aliphatic carboxylic acids is 1. The van der Waals surface area contributed by atoms with Crippen molar-refractivity contribution in [2.45, 2.75) is 20.3 Å². The summed E-state index contributed by atoms with van der Waals surface area (Å²) in [6.45, 7) is 3.14. The molecule has 18 heavy (non-hydrogen) atoms. The number of ether oxygens (including phenoxy) is 1. The molecule has 0 aliphatic carbocycles. The molecule has 0 bridgehead atoms. The first-order valence-corrected chi connectivity index (χ1v) is 6.10. The van der Waals surface area contributed by atoms with Crippen molar-refractivity contribution >= 4 is 34.2 Å². The van der Waals surface area contributed by atoms with Crippen LogP contribution >= 0.6 is 11.3 Å². The standard InChI is InChI=1S/C11H13NO5S/c1-3-17-11(16)9-7(4-8(14)15)5-18-10(9)12-6(2)13/h5H,3-4H2,1-2H3,(H,12,13)(H,14,15). The minimum Gasteiger partial charge on any atom is -0.481 e. The lowest BCUT2D eigenvalue weighted by atomic mass is 10.1. The number of carboxylic acids is 1. The predicted octanol–water partition coefficient (Wildman–Crippen LogP) is 1.51. The summed E-state index contributed by atoms with van der Waals surface area (Å²) >= 11 is 1.10. The molecule has 1 rings (SSSR count). The van der Waals surface area contributed by atoms with Crippen LogP contribution < -0.4 is 5.32 Å². The molecule has 0 aliphatic heterocycles. The minimum atomic E-state index is -1.05. The van der Waals surface area contributed by atoms with E-state index >= 15 is 0 Å². The Morgan fingerprint density at radius 2 is 2.11 bits per heavy atom. The Labute approximate surface area is 108 Å².